The summed E-state index contributed by atoms with van der Waals surface area (Å²) in [4.78, 5) is 11.8. The average molecular weight is 581 g/mol. The molecule has 2 aliphatic rings. The van der Waals surface area contributed by atoms with Gasteiger partial charge in [0.2, 0.25) is 16.0 Å². The molecular weight excluding hydrogens is 546 g/mol. The second kappa shape index (κ2) is 11.0. The molecule has 2 aromatic carbocycles. The van der Waals surface area contributed by atoms with Crippen LogP contribution in [-0.2, 0) is 15.8 Å². The number of aromatic nitrogens is 3. The van der Waals surface area contributed by atoms with E-state index in [1.54, 1.807) is 6.07 Å². The Morgan fingerprint density at radius 2 is 1.71 bits per heavy atom. The van der Waals surface area contributed by atoms with Gasteiger partial charge in [0.1, 0.15) is 17.3 Å². The monoisotopic (exact) mass is 580 g/mol. The summed E-state index contributed by atoms with van der Waals surface area (Å²) in [7, 11) is 0.321. The third-order valence-corrected chi connectivity index (χ3v) is 9.29. The van der Waals surface area contributed by atoms with Crippen LogP contribution in [0.15, 0.2) is 54.7 Å². The molecule has 0 spiro atoms. The van der Waals surface area contributed by atoms with Crippen molar-refractivity contribution in [3.8, 4) is 11.3 Å². The Balaban J connectivity index is 1.26. The van der Waals surface area contributed by atoms with Crippen LogP contribution < -0.4 is 10.0 Å². The van der Waals surface area contributed by atoms with E-state index < -0.39 is 27.4 Å². The Morgan fingerprint density at radius 3 is 2.39 bits per heavy atom. The summed E-state index contributed by atoms with van der Waals surface area (Å²) in [5, 5.41) is 4.40. The molecule has 41 heavy (non-hydrogen) atoms. The Bertz CT molecular complexity index is 1660. The van der Waals surface area contributed by atoms with Crippen molar-refractivity contribution in [1.82, 2.24) is 19.4 Å². The molecule has 0 saturated heterocycles. The van der Waals surface area contributed by atoms with Crippen LogP contribution in [-0.4, -0.2) is 54.0 Å². The van der Waals surface area contributed by atoms with Crippen molar-refractivity contribution >= 4 is 32.7 Å². The first kappa shape index (κ1) is 27.6. The highest BCUT2D eigenvalue weighted by Gasteiger charge is 2.30. The van der Waals surface area contributed by atoms with Crippen LogP contribution in [0.3, 0.4) is 0 Å². The van der Waals surface area contributed by atoms with Crippen molar-refractivity contribution in [2.75, 3.05) is 24.1 Å². The molecular formula is C30H34F2N6O2S. The maximum absolute atomic E-state index is 14.8. The Morgan fingerprint density at radius 1 is 0.976 bits per heavy atom. The van der Waals surface area contributed by atoms with Gasteiger partial charge in [0, 0.05) is 35.3 Å². The lowest BCUT2D eigenvalue weighted by atomic mass is 9.91. The van der Waals surface area contributed by atoms with Gasteiger partial charge >= 0.3 is 0 Å². The third kappa shape index (κ3) is 6.20. The molecule has 2 saturated carbocycles. The number of hydrogen-bond donors (Lipinski definition) is 2. The number of hydrogen-bond acceptors (Lipinski definition) is 6. The zero-order valence-electron chi connectivity index (χ0n) is 23.1. The van der Waals surface area contributed by atoms with E-state index in [-0.39, 0.29) is 11.7 Å². The van der Waals surface area contributed by atoms with Crippen LogP contribution in [0.25, 0.3) is 22.3 Å². The van der Waals surface area contributed by atoms with E-state index in [4.69, 9.17) is 4.98 Å². The number of benzene rings is 2. The Kier molecular flexibility index (Phi) is 7.41. The molecule has 2 aliphatic carbocycles. The predicted molar refractivity (Wildman–Crippen MR) is 157 cm³/mol. The molecule has 2 aromatic heterocycles. The minimum Gasteiger partial charge on any atom is -0.351 e. The van der Waals surface area contributed by atoms with Crippen LogP contribution in [0.1, 0.15) is 50.1 Å². The van der Waals surface area contributed by atoms with E-state index in [9.17, 15) is 17.2 Å². The minimum absolute atomic E-state index is 0.140. The SMILES string of the molecule is CN(C)C1CCC(Nc2ncc3cc(-c4ccc(F)c(NS(=O)(=O)Cc5ccc(F)cc5)c4)n(C4CC4)c3n2)CC1. The minimum atomic E-state index is -3.94. The number of anilines is 2. The number of sulfonamides is 1. The quantitative estimate of drug-likeness (QED) is 0.255. The van der Waals surface area contributed by atoms with E-state index in [2.05, 4.69) is 38.6 Å². The van der Waals surface area contributed by atoms with Gasteiger partial charge in [-0.25, -0.2) is 22.2 Å². The zero-order chi connectivity index (χ0) is 28.7. The van der Waals surface area contributed by atoms with E-state index in [0.29, 0.717) is 29.2 Å². The summed E-state index contributed by atoms with van der Waals surface area (Å²) in [5.74, 6) is -0.934. The zero-order valence-corrected chi connectivity index (χ0v) is 24.0. The standard InChI is InChI=1S/C30H34F2N6O2S/c1-37(2)24-10-8-23(9-11-24)34-30-33-17-21-16-28(38(25-12-13-25)29(21)35-30)20-5-14-26(32)27(15-20)36-41(39,40)18-19-3-6-22(31)7-4-19/h3-7,14-17,23-25,36H,8-13,18H2,1-2H3,(H,33,34,35). The number of rotatable bonds is 9. The maximum atomic E-state index is 14.8. The van der Waals surface area contributed by atoms with E-state index in [1.165, 1.54) is 36.4 Å². The molecule has 216 valence electrons. The molecule has 0 amide bonds. The van der Waals surface area contributed by atoms with Crippen molar-refractivity contribution in [2.45, 2.75) is 62.4 Å². The number of halogens is 2. The molecule has 0 unspecified atom stereocenters. The van der Waals surface area contributed by atoms with E-state index in [0.717, 1.165) is 55.3 Å². The Hall–Kier alpha value is -3.57. The highest BCUT2D eigenvalue weighted by atomic mass is 32.2. The second-order valence-corrected chi connectivity index (χ2v) is 13.1. The molecule has 0 aliphatic heterocycles. The summed E-state index contributed by atoms with van der Waals surface area (Å²) in [6, 6.07) is 12.8. The van der Waals surface area contributed by atoms with Crippen molar-refractivity contribution in [2.24, 2.45) is 0 Å². The van der Waals surface area contributed by atoms with Gasteiger partial charge in [0.05, 0.1) is 17.1 Å². The third-order valence-electron chi connectivity index (χ3n) is 8.05. The average Bonchev–Trinajstić information content (AvgIpc) is 3.71. The highest BCUT2D eigenvalue weighted by molar-refractivity contribution is 7.91. The molecule has 0 radical (unpaired) electrons. The fourth-order valence-corrected chi connectivity index (χ4v) is 6.88. The van der Waals surface area contributed by atoms with E-state index in [1.807, 2.05) is 12.3 Å². The lowest BCUT2D eigenvalue weighted by molar-refractivity contribution is 0.221. The van der Waals surface area contributed by atoms with E-state index >= 15 is 0 Å². The van der Waals surface area contributed by atoms with Gasteiger partial charge in [0.25, 0.3) is 0 Å². The van der Waals surface area contributed by atoms with Crippen LogP contribution in [0.5, 0.6) is 0 Å². The van der Waals surface area contributed by atoms with Crippen LogP contribution in [0.2, 0.25) is 0 Å². The predicted octanol–water partition coefficient (Wildman–Crippen LogP) is 5.94. The Labute approximate surface area is 238 Å². The molecule has 0 bridgehead atoms. The smallest absolute Gasteiger partial charge is 0.237 e. The summed E-state index contributed by atoms with van der Waals surface area (Å²) in [5.41, 5.74) is 2.58. The van der Waals surface area contributed by atoms with Crippen molar-refractivity contribution < 1.29 is 17.2 Å². The first-order valence-corrected chi connectivity index (χ1v) is 15.7. The van der Waals surface area contributed by atoms with Gasteiger partial charge in [0.15, 0.2) is 0 Å². The lowest BCUT2D eigenvalue weighted by Gasteiger charge is -2.32. The normalized spacial score (nSPS) is 19.5. The highest BCUT2D eigenvalue weighted by Crippen LogP contribution is 2.42. The van der Waals surface area contributed by atoms with Crippen LogP contribution >= 0.6 is 0 Å². The number of nitrogens with one attached hydrogen (secondary N) is 2. The molecule has 2 N–H and O–H groups in total. The van der Waals surface area contributed by atoms with Crippen molar-refractivity contribution in [3.63, 3.8) is 0 Å². The molecule has 4 aromatic rings. The van der Waals surface area contributed by atoms with Crippen molar-refractivity contribution in [3.05, 3.63) is 71.9 Å². The molecule has 2 fully saturated rings. The first-order chi connectivity index (χ1) is 19.6. The summed E-state index contributed by atoms with van der Waals surface area (Å²) in [6.45, 7) is 0. The van der Waals surface area contributed by atoms with Gasteiger partial charge in [-0.15, -0.1) is 0 Å². The van der Waals surface area contributed by atoms with Crippen LogP contribution in [0, 0.1) is 11.6 Å². The van der Waals surface area contributed by atoms with Gasteiger partial charge in [-0.1, -0.05) is 12.1 Å². The molecule has 6 rings (SSSR count). The van der Waals surface area contributed by atoms with Crippen molar-refractivity contribution in [1.29, 1.82) is 0 Å². The molecule has 8 nitrogen and oxygen atoms in total. The number of nitrogens with zero attached hydrogens (tertiary/aromatic N) is 4. The molecule has 2 heterocycles. The molecule has 11 heteroatoms. The van der Waals surface area contributed by atoms with Crippen LogP contribution in [0.4, 0.5) is 20.4 Å². The molecule has 0 atom stereocenters. The number of fused-ring (bicyclic) bond motifs is 1. The largest absolute Gasteiger partial charge is 0.351 e. The first-order valence-electron chi connectivity index (χ1n) is 14.0. The summed E-state index contributed by atoms with van der Waals surface area (Å²) >= 11 is 0. The lowest BCUT2D eigenvalue weighted by Crippen LogP contribution is -2.36. The van der Waals surface area contributed by atoms with Gasteiger partial charge in [-0.3, -0.25) is 4.72 Å². The summed E-state index contributed by atoms with van der Waals surface area (Å²) < 4.78 is 58.2. The maximum Gasteiger partial charge on any atom is 0.237 e. The topological polar surface area (TPSA) is 92.1 Å². The second-order valence-electron chi connectivity index (χ2n) is 11.4. The fourth-order valence-electron chi connectivity index (χ4n) is 5.69. The fraction of sp³-hybridized carbons (Fsp3) is 0.400. The van der Waals surface area contributed by atoms with Gasteiger partial charge < -0.3 is 14.8 Å². The van der Waals surface area contributed by atoms with Gasteiger partial charge in [-0.2, -0.15) is 4.98 Å². The summed E-state index contributed by atoms with van der Waals surface area (Å²) in [6.07, 6.45) is 8.23. The van der Waals surface area contributed by atoms with Gasteiger partial charge in [-0.05, 0) is 94.6 Å².